The standard InChI is InChI=1S/C14H17N3O3S/c1-9(2)17-12(6-7-15-17)16-13(18)10(3)20-14(19)11-5-4-8-21-11/h4-10H,1-3H3,(H,16,18)/t10-/m1/s1. The number of carbonyl (C=O) groups excluding carboxylic acids is 2. The second kappa shape index (κ2) is 6.53. The summed E-state index contributed by atoms with van der Waals surface area (Å²) in [6.07, 6.45) is 0.730. The lowest BCUT2D eigenvalue weighted by Gasteiger charge is -2.15. The highest BCUT2D eigenvalue weighted by Gasteiger charge is 2.20. The van der Waals surface area contributed by atoms with Gasteiger partial charge in [-0.3, -0.25) is 4.79 Å². The Balaban J connectivity index is 1.96. The summed E-state index contributed by atoms with van der Waals surface area (Å²) in [5.74, 6) is -0.304. The molecule has 2 rings (SSSR count). The van der Waals surface area contributed by atoms with E-state index >= 15 is 0 Å². The van der Waals surface area contributed by atoms with Crippen LogP contribution in [-0.2, 0) is 9.53 Å². The maximum Gasteiger partial charge on any atom is 0.349 e. The molecule has 0 aromatic carbocycles. The number of hydrogen-bond acceptors (Lipinski definition) is 5. The molecule has 1 amide bonds. The van der Waals surface area contributed by atoms with Gasteiger partial charge in [0.25, 0.3) is 5.91 Å². The minimum atomic E-state index is -0.880. The number of thiophene rings is 1. The van der Waals surface area contributed by atoms with Crippen molar-refractivity contribution in [2.45, 2.75) is 32.9 Å². The van der Waals surface area contributed by atoms with Crippen molar-refractivity contribution in [2.24, 2.45) is 0 Å². The van der Waals surface area contributed by atoms with E-state index in [0.717, 1.165) is 0 Å². The van der Waals surface area contributed by atoms with Gasteiger partial charge in [0.05, 0.1) is 6.20 Å². The van der Waals surface area contributed by atoms with Crippen LogP contribution in [0.1, 0.15) is 36.5 Å². The van der Waals surface area contributed by atoms with Crippen LogP contribution in [0.2, 0.25) is 0 Å². The summed E-state index contributed by atoms with van der Waals surface area (Å²) in [7, 11) is 0. The van der Waals surface area contributed by atoms with Gasteiger partial charge in [0.15, 0.2) is 6.10 Å². The van der Waals surface area contributed by atoms with Crippen molar-refractivity contribution in [3.05, 3.63) is 34.7 Å². The molecule has 2 aromatic rings. The fourth-order valence-electron chi connectivity index (χ4n) is 1.72. The molecule has 112 valence electrons. The number of hydrogen-bond donors (Lipinski definition) is 1. The van der Waals surface area contributed by atoms with Crippen molar-refractivity contribution in [3.63, 3.8) is 0 Å². The zero-order valence-electron chi connectivity index (χ0n) is 12.1. The van der Waals surface area contributed by atoms with Gasteiger partial charge >= 0.3 is 5.97 Å². The lowest BCUT2D eigenvalue weighted by Crippen LogP contribution is -2.30. The first-order chi connectivity index (χ1) is 9.99. The maximum absolute atomic E-state index is 12.1. The number of aromatic nitrogens is 2. The Morgan fingerprint density at radius 3 is 2.71 bits per heavy atom. The fraction of sp³-hybridized carbons (Fsp3) is 0.357. The van der Waals surface area contributed by atoms with E-state index in [1.807, 2.05) is 13.8 Å². The molecule has 0 aliphatic rings. The number of nitrogens with one attached hydrogen (secondary N) is 1. The third-order valence-electron chi connectivity index (χ3n) is 2.79. The van der Waals surface area contributed by atoms with Crippen molar-refractivity contribution < 1.29 is 14.3 Å². The number of ether oxygens (including phenoxy) is 1. The fourth-order valence-corrected chi connectivity index (χ4v) is 2.32. The van der Waals surface area contributed by atoms with Gasteiger partial charge in [-0.15, -0.1) is 11.3 Å². The van der Waals surface area contributed by atoms with Gasteiger partial charge in [0.2, 0.25) is 0 Å². The van der Waals surface area contributed by atoms with Crippen molar-refractivity contribution in [2.75, 3.05) is 5.32 Å². The number of nitrogens with zero attached hydrogens (tertiary/aromatic N) is 2. The number of amides is 1. The molecule has 0 saturated carbocycles. The summed E-state index contributed by atoms with van der Waals surface area (Å²) in [4.78, 5) is 24.3. The van der Waals surface area contributed by atoms with Crippen LogP contribution in [0.15, 0.2) is 29.8 Å². The van der Waals surface area contributed by atoms with Gasteiger partial charge < -0.3 is 10.1 Å². The van der Waals surface area contributed by atoms with Gasteiger partial charge in [0, 0.05) is 12.1 Å². The molecular formula is C14H17N3O3S. The highest BCUT2D eigenvalue weighted by Crippen LogP contribution is 2.15. The van der Waals surface area contributed by atoms with Crippen LogP contribution in [0, 0.1) is 0 Å². The van der Waals surface area contributed by atoms with Crippen LogP contribution < -0.4 is 5.32 Å². The van der Waals surface area contributed by atoms with Crippen LogP contribution in [-0.4, -0.2) is 27.8 Å². The summed E-state index contributed by atoms with van der Waals surface area (Å²) in [6, 6.07) is 5.24. The monoisotopic (exact) mass is 307 g/mol. The van der Waals surface area contributed by atoms with E-state index < -0.39 is 12.1 Å². The van der Waals surface area contributed by atoms with E-state index in [-0.39, 0.29) is 11.9 Å². The summed E-state index contributed by atoms with van der Waals surface area (Å²) < 4.78 is 6.82. The first-order valence-electron chi connectivity index (χ1n) is 6.58. The third kappa shape index (κ3) is 3.69. The van der Waals surface area contributed by atoms with Crippen LogP contribution in [0.3, 0.4) is 0 Å². The summed E-state index contributed by atoms with van der Waals surface area (Å²) in [6.45, 7) is 5.46. The predicted octanol–water partition coefficient (Wildman–Crippen LogP) is 2.71. The predicted molar refractivity (Wildman–Crippen MR) is 80.4 cm³/mol. The molecule has 2 aromatic heterocycles. The Labute approximate surface area is 126 Å². The molecule has 6 nitrogen and oxygen atoms in total. The Bertz CT molecular complexity index is 619. The molecule has 0 unspecified atom stereocenters. The molecule has 0 radical (unpaired) electrons. The third-order valence-corrected chi connectivity index (χ3v) is 3.64. The largest absolute Gasteiger partial charge is 0.448 e. The smallest absolute Gasteiger partial charge is 0.349 e. The number of carbonyl (C=O) groups is 2. The lowest BCUT2D eigenvalue weighted by atomic mass is 10.3. The summed E-state index contributed by atoms with van der Waals surface area (Å²) in [5, 5.41) is 8.62. The minimum Gasteiger partial charge on any atom is -0.448 e. The number of anilines is 1. The average Bonchev–Trinajstić information content (AvgIpc) is 3.09. The Morgan fingerprint density at radius 2 is 2.10 bits per heavy atom. The lowest BCUT2D eigenvalue weighted by molar-refractivity contribution is -0.123. The molecule has 21 heavy (non-hydrogen) atoms. The Kier molecular flexibility index (Phi) is 4.74. The molecule has 1 atom stereocenters. The van der Waals surface area contributed by atoms with E-state index in [4.69, 9.17) is 4.74 Å². The van der Waals surface area contributed by atoms with Gasteiger partial charge in [-0.25, -0.2) is 9.48 Å². The van der Waals surface area contributed by atoms with Crippen molar-refractivity contribution in [3.8, 4) is 0 Å². The van der Waals surface area contributed by atoms with E-state index in [1.165, 1.54) is 18.3 Å². The van der Waals surface area contributed by atoms with E-state index in [2.05, 4.69) is 10.4 Å². The maximum atomic E-state index is 12.1. The van der Waals surface area contributed by atoms with Crippen LogP contribution in [0.25, 0.3) is 0 Å². The van der Waals surface area contributed by atoms with Crippen LogP contribution >= 0.6 is 11.3 Å². The molecule has 0 fully saturated rings. The molecule has 1 N–H and O–H groups in total. The van der Waals surface area contributed by atoms with Gasteiger partial charge in [0.1, 0.15) is 10.7 Å². The zero-order valence-corrected chi connectivity index (χ0v) is 12.9. The van der Waals surface area contributed by atoms with E-state index in [9.17, 15) is 9.59 Å². The highest BCUT2D eigenvalue weighted by atomic mass is 32.1. The van der Waals surface area contributed by atoms with Gasteiger partial charge in [-0.05, 0) is 32.2 Å². The second-order valence-electron chi connectivity index (χ2n) is 4.77. The number of esters is 1. The molecule has 0 bridgehead atoms. The molecular weight excluding hydrogens is 290 g/mol. The zero-order chi connectivity index (χ0) is 15.4. The molecule has 7 heteroatoms. The van der Waals surface area contributed by atoms with Crippen molar-refractivity contribution >= 4 is 29.0 Å². The summed E-state index contributed by atoms with van der Waals surface area (Å²) >= 11 is 1.28. The minimum absolute atomic E-state index is 0.124. The highest BCUT2D eigenvalue weighted by molar-refractivity contribution is 7.11. The van der Waals surface area contributed by atoms with Gasteiger partial charge in [-0.2, -0.15) is 5.10 Å². The van der Waals surface area contributed by atoms with Crippen molar-refractivity contribution in [1.29, 1.82) is 0 Å². The topological polar surface area (TPSA) is 73.2 Å². The van der Waals surface area contributed by atoms with E-state index in [0.29, 0.717) is 10.7 Å². The van der Waals surface area contributed by atoms with Gasteiger partial charge in [-0.1, -0.05) is 6.07 Å². The van der Waals surface area contributed by atoms with Crippen molar-refractivity contribution in [1.82, 2.24) is 9.78 Å². The summed E-state index contributed by atoms with van der Waals surface area (Å²) in [5.41, 5.74) is 0. The van der Waals surface area contributed by atoms with E-state index in [1.54, 1.807) is 34.5 Å². The normalized spacial score (nSPS) is 12.2. The first-order valence-corrected chi connectivity index (χ1v) is 7.46. The molecule has 0 saturated heterocycles. The van der Waals surface area contributed by atoms with Crippen LogP contribution in [0.5, 0.6) is 0 Å². The second-order valence-corrected chi connectivity index (χ2v) is 5.72. The first kappa shape index (κ1) is 15.2. The molecule has 0 aliphatic heterocycles. The van der Waals surface area contributed by atoms with Crippen LogP contribution in [0.4, 0.5) is 5.82 Å². The average molecular weight is 307 g/mol. The SMILES string of the molecule is CC(C)n1nccc1NC(=O)[C@@H](C)OC(=O)c1cccs1. The Morgan fingerprint density at radius 1 is 1.33 bits per heavy atom. The number of rotatable bonds is 5. The molecule has 0 spiro atoms. The molecule has 2 heterocycles. The quantitative estimate of drug-likeness (QED) is 0.862. The Hall–Kier alpha value is -2.15. The molecule has 0 aliphatic carbocycles.